The van der Waals surface area contributed by atoms with Gasteiger partial charge in [-0.1, -0.05) is 0 Å². The molecule has 1 aliphatic rings. The van der Waals surface area contributed by atoms with E-state index >= 15 is 0 Å². The van der Waals surface area contributed by atoms with Crippen molar-refractivity contribution in [2.24, 2.45) is 7.05 Å². The fourth-order valence-corrected chi connectivity index (χ4v) is 3.06. The zero-order valence-corrected chi connectivity index (χ0v) is 14.2. The van der Waals surface area contributed by atoms with E-state index in [2.05, 4.69) is 4.90 Å². The monoisotopic (exact) mass is 344 g/mol. The summed E-state index contributed by atoms with van der Waals surface area (Å²) >= 11 is 0. The van der Waals surface area contributed by atoms with Crippen LogP contribution in [0, 0.1) is 10.1 Å². The number of non-ortho nitro benzene ring substituents is 1. The van der Waals surface area contributed by atoms with Crippen LogP contribution in [0.5, 0.6) is 0 Å². The fourth-order valence-electron chi connectivity index (χ4n) is 3.06. The summed E-state index contributed by atoms with van der Waals surface area (Å²) in [4.78, 5) is 26.9. The number of imidazole rings is 1. The van der Waals surface area contributed by atoms with Crippen molar-refractivity contribution in [1.82, 2.24) is 9.47 Å². The van der Waals surface area contributed by atoms with Gasteiger partial charge in [0.2, 0.25) is 6.33 Å². The number of nitro groups is 1. The molecule has 2 aromatic rings. The average Bonchev–Trinajstić information content (AvgIpc) is 2.86. The number of rotatable bonds is 4. The Bertz CT molecular complexity index is 756. The molecule has 1 fully saturated rings. The highest BCUT2D eigenvalue weighted by Gasteiger charge is 2.21. The number of anilines is 1. The van der Waals surface area contributed by atoms with Crippen molar-refractivity contribution >= 4 is 17.3 Å². The topological polar surface area (TPSA) is 75.5 Å². The van der Waals surface area contributed by atoms with E-state index in [-0.39, 0.29) is 11.6 Å². The molecule has 0 atom stereocenters. The minimum atomic E-state index is -0.395. The number of amides is 1. The van der Waals surface area contributed by atoms with E-state index in [1.165, 1.54) is 12.1 Å². The van der Waals surface area contributed by atoms with Crippen molar-refractivity contribution in [2.45, 2.75) is 13.0 Å². The van der Waals surface area contributed by atoms with Gasteiger partial charge in [0.15, 0.2) is 6.54 Å². The van der Waals surface area contributed by atoms with Gasteiger partial charge in [-0.2, -0.15) is 0 Å². The van der Waals surface area contributed by atoms with Crippen LogP contribution in [0.15, 0.2) is 43.0 Å². The molecule has 0 aliphatic carbocycles. The first-order valence-electron chi connectivity index (χ1n) is 8.31. The van der Waals surface area contributed by atoms with Gasteiger partial charge in [-0.25, -0.2) is 9.13 Å². The third-order valence-corrected chi connectivity index (χ3v) is 4.42. The zero-order chi connectivity index (χ0) is 17.8. The Morgan fingerprint density at radius 2 is 1.96 bits per heavy atom. The lowest BCUT2D eigenvalue weighted by Crippen LogP contribution is -2.37. The van der Waals surface area contributed by atoms with Crippen molar-refractivity contribution in [3.8, 4) is 0 Å². The molecule has 0 N–H and O–H groups in total. The second-order valence-corrected chi connectivity index (χ2v) is 6.25. The third kappa shape index (κ3) is 4.14. The predicted octanol–water partition coefficient (Wildman–Crippen LogP) is 0.960. The Morgan fingerprint density at radius 1 is 1.20 bits per heavy atom. The summed E-state index contributed by atoms with van der Waals surface area (Å²) in [5, 5.41) is 10.8. The Morgan fingerprint density at radius 3 is 2.60 bits per heavy atom. The van der Waals surface area contributed by atoms with Gasteiger partial charge in [-0.05, 0) is 18.6 Å². The molecule has 1 saturated heterocycles. The predicted molar refractivity (Wildman–Crippen MR) is 92.1 cm³/mol. The van der Waals surface area contributed by atoms with E-state index in [1.807, 2.05) is 39.8 Å². The second kappa shape index (κ2) is 7.33. The van der Waals surface area contributed by atoms with Crippen LogP contribution in [0.3, 0.4) is 0 Å². The van der Waals surface area contributed by atoms with Gasteiger partial charge in [0.1, 0.15) is 12.4 Å². The Labute approximate surface area is 146 Å². The number of hydrogen-bond acceptors (Lipinski definition) is 4. The summed E-state index contributed by atoms with van der Waals surface area (Å²) in [7, 11) is 1.93. The highest BCUT2D eigenvalue weighted by atomic mass is 16.6. The van der Waals surface area contributed by atoms with E-state index < -0.39 is 4.92 Å². The highest BCUT2D eigenvalue weighted by molar-refractivity contribution is 5.76. The van der Waals surface area contributed by atoms with Crippen molar-refractivity contribution in [2.75, 3.05) is 31.1 Å². The molecule has 0 saturated carbocycles. The van der Waals surface area contributed by atoms with Gasteiger partial charge >= 0.3 is 0 Å². The molecule has 1 amide bonds. The first-order valence-corrected chi connectivity index (χ1v) is 8.31. The standard InChI is InChI=1S/C17H22N5O3/c1-18-9-10-19(14-18)13-17(23)21-8-2-7-20(11-12-21)15-3-5-16(6-4-15)22(24)25/h3-6,9-10,14H,2,7-8,11-13H2,1H3/q+1. The Hall–Kier alpha value is -2.90. The maximum Gasteiger partial charge on any atom is 0.269 e. The SMILES string of the molecule is C[n+]1ccn(CC(=O)N2CCCN(c3ccc([N+](=O)[O-])cc3)CC2)c1. The smallest absolute Gasteiger partial charge is 0.269 e. The number of hydrogen-bond donors (Lipinski definition) is 0. The van der Waals surface area contributed by atoms with Gasteiger partial charge in [-0.3, -0.25) is 14.9 Å². The highest BCUT2D eigenvalue weighted by Crippen LogP contribution is 2.20. The molecule has 8 nitrogen and oxygen atoms in total. The number of aromatic nitrogens is 2. The summed E-state index contributed by atoms with van der Waals surface area (Å²) in [6, 6.07) is 6.59. The normalized spacial score (nSPS) is 15.1. The minimum Gasteiger partial charge on any atom is -0.370 e. The van der Waals surface area contributed by atoms with Crippen molar-refractivity contribution in [3.05, 3.63) is 53.1 Å². The lowest BCUT2D eigenvalue weighted by atomic mass is 10.2. The summed E-state index contributed by atoms with van der Waals surface area (Å²) in [5.74, 6) is 0.113. The van der Waals surface area contributed by atoms with E-state index in [4.69, 9.17) is 0 Å². The van der Waals surface area contributed by atoms with Crippen molar-refractivity contribution in [3.63, 3.8) is 0 Å². The maximum atomic E-state index is 12.5. The number of carbonyl (C=O) groups is 1. The average molecular weight is 344 g/mol. The number of carbonyl (C=O) groups excluding carboxylic acids is 1. The van der Waals surface area contributed by atoms with Crippen LogP contribution in [0.1, 0.15) is 6.42 Å². The molecule has 1 aromatic carbocycles. The Kier molecular flexibility index (Phi) is 4.97. The van der Waals surface area contributed by atoms with Crippen LogP contribution in [-0.2, 0) is 18.4 Å². The summed E-state index contributed by atoms with van der Waals surface area (Å²) < 4.78 is 3.79. The number of benzene rings is 1. The number of nitro benzene ring substituents is 1. The molecule has 0 spiro atoms. The summed E-state index contributed by atoms with van der Waals surface area (Å²) in [5.41, 5.74) is 1.05. The lowest BCUT2D eigenvalue weighted by Gasteiger charge is -2.23. The van der Waals surface area contributed by atoms with E-state index in [9.17, 15) is 14.9 Å². The molecule has 8 heteroatoms. The summed E-state index contributed by atoms with van der Waals surface area (Å²) in [6.45, 7) is 3.29. The minimum absolute atomic E-state index is 0.0928. The fraction of sp³-hybridized carbons (Fsp3) is 0.412. The molecule has 0 unspecified atom stereocenters. The zero-order valence-electron chi connectivity index (χ0n) is 14.2. The number of nitrogens with zero attached hydrogens (tertiary/aromatic N) is 5. The molecule has 0 radical (unpaired) electrons. The van der Waals surface area contributed by atoms with Gasteiger partial charge in [-0.15, -0.1) is 0 Å². The second-order valence-electron chi connectivity index (χ2n) is 6.25. The van der Waals surface area contributed by atoms with Gasteiger partial charge < -0.3 is 9.80 Å². The van der Waals surface area contributed by atoms with Gasteiger partial charge in [0.25, 0.3) is 11.6 Å². The van der Waals surface area contributed by atoms with Gasteiger partial charge in [0, 0.05) is 44.0 Å². The van der Waals surface area contributed by atoms with Crippen LogP contribution in [0.2, 0.25) is 0 Å². The molecule has 1 aliphatic heterocycles. The van der Waals surface area contributed by atoms with Crippen LogP contribution < -0.4 is 9.47 Å². The van der Waals surface area contributed by atoms with Crippen LogP contribution in [0.4, 0.5) is 11.4 Å². The molecule has 2 heterocycles. The molecule has 1 aromatic heterocycles. The first kappa shape index (κ1) is 16.9. The van der Waals surface area contributed by atoms with Crippen molar-refractivity contribution < 1.29 is 14.3 Å². The molecular weight excluding hydrogens is 322 g/mol. The van der Waals surface area contributed by atoms with Crippen LogP contribution in [-0.4, -0.2) is 46.5 Å². The molecule has 25 heavy (non-hydrogen) atoms. The van der Waals surface area contributed by atoms with Crippen LogP contribution in [0.25, 0.3) is 0 Å². The summed E-state index contributed by atoms with van der Waals surface area (Å²) in [6.07, 6.45) is 6.56. The molecule has 132 valence electrons. The Balaban J connectivity index is 1.59. The largest absolute Gasteiger partial charge is 0.370 e. The number of aryl methyl sites for hydroxylation is 1. The lowest BCUT2D eigenvalue weighted by molar-refractivity contribution is -0.671. The van der Waals surface area contributed by atoms with E-state index in [1.54, 1.807) is 12.1 Å². The molecule has 0 bridgehead atoms. The van der Waals surface area contributed by atoms with Crippen molar-refractivity contribution in [1.29, 1.82) is 0 Å². The van der Waals surface area contributed by atoms with Crippen LogP contribution >= 0.6 is 0 Å². The van der Waals surface area contributed by atoms with E-state index in [0.717, 1.165) is 31.7 Å². The first-order chi connectivity index (χ1) is 12.0. The molecule has 3 rings (SSSR count). The molecular formula is C17H22N5O3+. The quantitative estimate of drug-likeness (QED) is 0.470. The van der Waals surface area contributed by atoms with E-state index in [0.29, 0.717) is 13.1 Å². The van der Waals surface area contributed by atoms with Gasteiger partial charge in [0.05, 0.1) is 12.0 Å². The maximum absolute atomic E-state index is 12.5. The third-order valence-electron chi connectivity index (χ3n) is 4.42.